The maximum absolute atomic E-state index is 12.9. The molecule has 0 aromatic carbocycles. The number of carbonyl (C=O) groups excluding carboxylic acids is 3. The first-order valence-electron chi connectivity index (χ1n) is 8.72. The maximum atomic E-state index is 12.9. The Hall–Kier alpha value is -2.32. The van der Waals surface area contributed by atoms with E-state index in [0.717, 1.165) is 0 Å². The molecule has 9 heteroatoms. The molecule has 26 heavy (non-hydrogen) atoms. The molecule has 0 saturated carbocycles. The molecule has 0 unspecified atom stereocenters. The summed E-state index contributed by atoms with van der Waals surface area (Å²) in [5, 5.41) is 13.6. The number of rotatable bonds is 6. The van der Waals surface area contributed by atoms with Crippen molar-refractivity contribution in [3.05, 3.63) is 0 Å². The second-order valence-corrected chi connectivity index (χ2v) is 7.67. The van der Waals surface area contributed by atoms with Gasteiger partial charge in [0.2, 0.25) is 11.8 Å². The number of hydrogen-bond acceptors (Lipinski definition) is 5. The maximum Gasteiger partial charge on any atom is 0.408 e. The summed E-state index contributed by atoms with van der Waals surface area (Å²) in [6.45, 7) is 8.63. The topological polar surface area (TPSA) is 125 Å². The lowest BCUT2D eigenvalue weighted by Crippen LogP contribution is -2.56. The third kappa shape index (κ3) is 6.53. The summed E-state index contributed by atoms with van der Waals surface area (Å²) >= 11 is 0. The van der Waals surface area contributed by atoms with Crippen molar-refractivity contribution in [3.63, 3.8) is 0 Å². The minimum Gasteiger partial charge on any atom is -0.480 e. The zero-order chi connectivity index (χ0) is 20.1. The van der Waals surface area contributed by atoms with E-state index in [4.69, 9.17) is 9.84 Å². The Labute approximate surface area is 153 Å². The fourth-order valence-corrected chi connectivity index (χ4v) is 2.71. The summed E-state index contributed by atoms with van der Waals surface area (Å²) in [7, 11) is 0. The summed E-state index contributed by atoms with van der Waals surface area (Å²) in [6, 6.07) is -1.57. The minimum absolute atomic E-state index is 0.210. The summed E-state index contributed by atoms with van der Waals surface area (Å²) in [6.07, 6.45) is 0.387. The number of hydrogen-bond donors (Lipinski definition) is 3. The highest BCUT2D eigenvalue weighted by Gasteiger charge is 2.39. The standard InChI is InChI=1S/C17H29N3O6/c1-10(2)13(19-16(25)26-17(3,4)5)15(24)20-8-6-7-11(20)14(23)18-9-12(21)22/h10-11,13H,6-9H2,1-5H3,(H,18,23)(H,19,25)(H,21,22)/t11-,13-/m0/s1. The lowest BCUT2D eigenvalue weighted by molar-refractivity contribution is -0.142. The van der Waals surface area contributed by atoms with Gasteiger partial charge in [0.1, 0.15) is 24.2 Å². The number of alkyl carbamates (subject to hydrolysis) is 1. The highest BCUT2D eigenvalue weighted by atomic mass is 16.6. The molecule has 1 fully saturated rings. The van der Waals surface area contributed by atoms with Crippen LogP contribution in [0.5, 0.6) is 0 Å². The number of aliphatic carboxylic acids is 1. The number of carboxylic acid groups (broad SMARTS) is 1. The van der Waals surface area contributed by atoms with E-state index in [1.807, 2.05) is 0 Å². The molecule has 0 aliphatic carbocycles. The van der Waals surface area contributed by atoms with Crippen LogP contribution in [0, 0.1) is 5.92 Å². The number of likely N-dealkylation sites (tertiary alicyclic amines) is 1. The van der Waals surface area contributed by atoms with Crippen molar-refractivity contribution in [2.45, 2.75) is 65.1 Å². The Bertz CT molecular complexity index is 555. The molecule has 1 aliphatic heterocycles. The smallest absolute Gasteiger partial charge is 0.408 e. The first-order valence-corrected chi connectivity index (χ1v) is 8.72. The van der Waals surface area contributed by atoms with Crippen molar-refractivity contribution in [3.8, 4) is 0 Å². The molecule has 0 aromatic rings. The van der Waals surface area contributed by atoms with E-state index in [2.05, 4.69) is 10.6 Å². The van der Waals surface area contributed by atoms with Crippen molar-refractivity contribution in [2.24, 2.45) is 5.92 Å². The predicted octanol–water partition coefficient (Wildman–Crippen LogP) is 0.728. The van der Waals surface area contributed by atoms with Gasteiger partial charge in [-0.05, 0) is 39.5 Å². The average Bonchev–Trinajstić information content (AvgIpc) is 2.97. The molecule has 1 heterocycles. The van der Waals surface area contributed by atoms with Gasteiger partial charge in [-0.3, -0.25) is 14.4 Å². The predicted molar refractivity (Wildman–Crippen MR) is 93.4 cm³/mol. The van der Waals surface area contributed by atoms with Gasteiger partial charge in [0.25, 0.3) is 0 Å². The molecule has 3 N–H and O–H groups in total. The Balaban J connectivity index is 2.81. The van der Waals surface area contributed by atoms with Crippen LogP contribution >= 0.6 is 0 Å². The van der Waals surface area contributed by atoms with Crippen LogP contribution in [0.1, 0.15) is 47.5 Å². The zero-order valence-corrected chi connectivity index (χ0v) is 16.0. The first kappa shape index (κ1) is 21.7. The van der Waals surface area contributed by atoms with Gasteiger partial charge < -0.3 is 25.4 Å². The van der Waals surface area contributed by atoms with E-state index in [1.54, 1.807) is 34.6 Å². The van der Waals surface area contributed by atoms with Crippen LogP contribution in [0.3, 0.4) is 0 Å². The van der Waals surface area contributed by atoms with E-state index in [9.17, 15) is 19.2 Å². The van der Waals surface area contributed by atoms with Crippen LogP contribution in [0.2, 0.25) is 0 Å². The van der Waals surface area contributed by atoms with Crippen LogP contribution in [0.4, 0.5) is 4.79 Å². The highest BCUT2D eigenvalue weighted by molar-refractivity contribution is 5.92. The molecule has 1 saturated heterocycles. The van der Waals surface area contributed by atoms with Crippen LogP contribution in [0.15, 0.2) is 0 Å². The molecule has 148 valence electrons. The molecular formula is C17H29N3O6. The quantitative estimate of drug-likeness (QED) is 0.632. The molecule has 0 aromatic heterocycles. The van der Waals surface area contributed by atoms with E-state index in [0.29, 0.717) is 19.4 Å². The lowest BCUT2D eigenvalue weighted by atomic mass is 10.0. The number of ether oxygens (including phenoxy) is 1. The molecule has 1 rings (SSSR count). The molecule has 3 amide bonds. The molecule has 2 atom stereocenters. The Morgan fingerprint density at radius 1 is 1.23 bits per heavy atom. The molecular weight excluding hydrogens is 342 g/mol. The van der Waals surface area contributed by atoms with Crippen molar-refractivity contribution in [1.82, 2.24) is 15.5 Å². The Kier molecular flexibility index (Phi) is 7.41. The Morgan fingerprint density at radius 3 is 2.35 bits per heavy atom. The second kappa shape index (κ2) is 8.86. The van der Waals surface area contributed by atoms with Gasteiger partial charge in [0.05, 0.1) is 0 Å². The van der Waals surface area contributed by atoms with Crippen LogP contribution in [-0.2, 0) is 19.1 Å². The van der Waals surface area contributed by atoms with Gasteiger partial charge in [0.15, 0.2) is 0 Å². The molecule has 1 aliphatic rings. The second-order valence-electron chi connectivity index (χ2n) is 7.67. The van der Waals surface area contributed by atoms with Crippen LogP contribution in [-0.4, -0.2) is 64.7 Å². The highest BCUT2D eigenvalue weighted by Crippen LogP contribution is 2.20. The van der Waals surface area contributed by atoms with Crippen LogP contribution < -0.4 is 10.6 Å². The monoisotopic (exact) mass is 371 g/mol. The van der Waals surface area contributed by atoms with Gasteiger partial charge >= 0.3 is 12.1 Å². The number of carbonyl (C=O) groups is 4. The Morgan fingerprint density at radius 2 is 1.85 bits per heavy atom. The molecule has 0 radical (unpaired) electrons. The summed E-state index contributed by atoms with van der Waals surface area (Å²) in [5.41, 5.74) is -0.693. The summed E-state index contributed by atoms with van der Waals surface area (Å²) in [4.78, 5) is 49.1. The van der Waals surface area contributed by atoms with Crippen molar-refractivity contribution < 1.29 is 29.0 Å². The third-order valence-electron chi connectivity index (χ3n) is 3.86. The van der Waals surface area contributed by atoms with Gasteiger partial charge in [0, 0.05) is 6.54 Å². The third-order valence-corrected chi connectivity index (χ3v) is 3.86. The van der Waals surface area contributed by atoms with Gasteiger partial charge in [-0.25, -0.2) is 4.79 Å². The van der Waals surface area contributed by atoms with Crippen molar-refractivity contribution in [2.75, 3.05) is 13.1 Å². The van der Waals surface area contributed by atoms with E-state index in [-0.39, 0.29) is 11.8 Å². The number of amides is 3. The summed E-state index contributed by atoms with van der Waals surface area (Å²) < 4.78 is 5.21. The number of carboxylic acids is 1. The van der Waals surface area contributed by atoms with Crippen molar-refractivity contribution in [1.29, 1.82) is 0 Å². The zero-order valence-electron chi connectivity index (χ0n) is 16.0. The van der Waals surface area contributed by atoms with E-state index >= 15 is 0 Å². The fourth-order valence-electron chi connectivity index (χ4n) is 2.71. The normalized spacial score (nSPS) is 18.4. The molecule has 9 nitrogen and oxygen atoms in total. The lowest BCUT2D eigenvalue weighted by Gasteiger charge is -2.31. The van der Waals surface area contributed by atoms with E-state index < -0.39 is 42.2 Å². The molecule has 0 spiro atoms. The van der Waals surface area contributed by atoms with E-state index in [1.165, 1.54) is 4.90 Å². The first-order chi connectivity index (χ1) is 11.9. The SMILES string of the molecule is CC(C)[C@H](NC(=O)OC(C)(C)C)C(=O)N1CCC[C@H]1C(=O)NCC(=O)O. The minimum atomic E-state index is -1.15. The largest absolute Gasteiger partial charge is 0.480 e. The molecule has 0 bridgehead atoms. The van der Waals surface area contributed by atoms with Crippen LogP contribution in [0.25, 0.3) is 0 Å². The van der Waals surface area contributed by atoms with Gasteiger partial charge in [-0.15, -0.1) is 0 Å². The van der Waals surface area contributed by atoms with Gasteiger partial charge in [-0.2, -0.15) is 0 Å². The number of nitrogens with zero attached hydrogens (tertiary/aromatic N) is 1. The summed E-state index contributed by atoms with van der Waals surface area (Å²) in [5.74, 6) is -2.24. The average molecular weight is 371 g/mol. The van der Waals surface area contributed by atoms with Crippen molar-refractivity contribution >= 4 is 23.9 Å². The fraction of sp³-hybridized carbons (Fsp3) is 0.765. The van der Waals surface area contributed by atoms with Gasteiger partial charge in [-0.1, -0.05) is 13.8 Å². The number of nitrogens with one attached hydrogen (secondary N) is 2.